The molecule has 0 radical (unpaired) electrons. The summed E-state index contributed by atoms with van der Waals surface area (Å²) < 4.78 is 10.5. The van der Waals surface area contributed by atoms with Crippen molar-refractivity contribution in [1.29, 1.82) is 0 Å². The molecule has 0 N–H and O–H groups in total. The van der Waals surface area contributed by atoms with E-state index in [9.17, 15) is 4.79 Å². The SMILES string of the molecule is Cc1ccc(OCc2noc(C(C)C)n2)c(C=O)n1. The van der Waals surface area contributed by atoms with Crippen molar-refractivity contribution in [3.8, 4) is 5.75 Å². The smallest absolute Gasteiger partial charge is 0.229 e. The molecule has 0 spiro atoms. The molecule has 19 heavy (non-hydrogen) atoms. The van der Waals surface area contributed by atoms with Gasteiger partial charge in [-0.25, -0.2) is 4.98 Å². The number of nitrogens with zero attached hydrogens (tertiary/aromatic N) is 3. The van der Waals surface area contributed by atoms with E-state index >= 15 is 0 Å². The van der Waals surface area contributed by atoms with Crippen LogP contribution < -0.4 is 4.74 Å². The fourth-order valence-electron chi connectivity index (χ4n) is 1.47. The summed E-state index contributed by atoms with van der Waals surface area (Å²) in [7, 11) is 0. The molecule has 6 heteroatoms. The number of carbonyl (C=O) groups excluding carboxylic acids is 1. The normalized spacial score (nSPS) is 10.7. The fourth-order valence-corrected chi connectivity index (χ4v) is 1.47. The van der Waals surface area contributed by atoms with Gasteiger partial charge in [0.05, 0.1) is 0 Å². The number of hydrogen-bond donors (Lipinski definition) is 0. The third-order valence-electron chi connectivity index (χ3n) is 2.47. The van der Waals surface area contributed by atoms with E-state index in [1.54, 1.807) is 12.1 Å². The van der Waals surface area contributed by atoms with Crippen molar-refractivity contribution in [1.82, 2.24) is 15.1 Å². The molecule has 2 aromatic rings. The highest BCUT2D eigenvalue weighted by Gasteiger charge is 2.11. The van der Waals surface area contributed by atoms with Gasteiger partial charge in [-0.2, -0.15) is 4.98 Å². The second-order valence-electron chi connectivity index (χ2n) is 4.45. The summed E-state index contributed by atoms with van der Waals surface area (Å²) in [4.78, 5) is 19.2. The van der Waals surface area contributed by atoms with E-state index < -0.39 is 0 Å². The molecule has 2 rings (SSSR count). The number of carbonyl (C=O) groups is 1. The number of aldehydes is 1. The maximum absolute atomic E-state index is 10.9. The highest BCUT2D eigenvalue weighted by atomic mass is 16.5. The first-order valence-corrected chi connectivity index (χ1v) is 5.98. The van der Waals surface area contributed by atoms with Crippen LogP contribution in [0.1, 0.15) is 47.7 Å². The molecular weight excluding hydrogens is 246 g/mol. The van der Waals surface area contributed by atoms with Crippen LogP contribution in [0.3, 0.4) is 0 Å². The van der Waals surface area contributed by atoms with Crippen molar-refractivity contribution in [3.63, 3.8) is 0 Å². The van der Waals surface area contributed by atoms with Crippen LogP contribution in [0.25, 0.3) is 0 Å². The maximum Gasteiger partial charge on any atom is 0.229 e. The predicted octanol–water partition coefficient (Wildman–Crippen LogP) is 2.29. The second-order valence-corrected chi connectivity index (χ2v) is 4.45. The third-order valence-corrected chi connectivity index (χ3v) is 2.47. The second kappa shape index (κ2) is 5.60. The Morgan fingerprint density at radius 1 is 1.37 bits per heavy atom. The molecular formula is C13H15N3O3. The molecule has 2 heterocycles. The lowest BCUT2D eigenvalue weighted by Gasteiger charge is -2.05. The lowest BCUT2D eigenvalue weighted by atomic mass is 10.2. The quantitative estimate of drug-likeness (QED) is 0.768. The van der Waals surface area contributed by atoms with Gasteiger partial charge in [-0.05, 0) is 19.1 Å². The lowest BCUT2D eigenvalue weighted by molar-refractivity contribution is 0.111. The highest BCUT2D eigenvalue weighted by Crippen LogP contribution is 2.17. The zero-order chi connectivity index (χ0) is 13.8. The molecule has 0 aliphatic heterocycles. The van der Waals surface area contributed by atoms with Gasteiger partial charge in [0.1, 0.15) is 11.4 Å². The van der Waals surface area contributed by atoms with Crippen LogP contribution in [0.15, 0.2) is 16.7 Å². The Bertz CT molecular complexity index is 578. The number of ether oxygens (including phenoxy) is 1. The van der Waals surface area contributed by atoms with Gasteiger partial charge >= 0.3 is 0 Å². The molecule has 0 aliphatic carbocycles. The van der Waals surface area contributed by atoms with E-state index in [0.717, 1.165) is 5.69 Å². The zero-order valence-corrected chi connectivity index (χ0v) is 11.1. The van der Waals surface area contributed by atoms with E-state index in [1.807, 2.05) is 20.8 Å². The van der Waals surface area contributed by atoms with Crippen molar-refractivity contribution < 1.29 is 14.1 Å². The third kappa shape index (κ3) is 3.15. The van der Waals surface area contributed by atoms with Crippen LogP contribution in [-0.4, -0.2) is 21.4 Å². The summed E-state index contributed by atoms with van der Waals surface area (Å²) in [5.74, 6) is 1.60. The van der Waals surface area contributed by atoms with E-state index in [4.69, 9.17) is 9.26 Å². The lowest BCUT2D eigenvalue weighted by Crippen LogP contribution is -2.02. The summed E-state index contributed by atoms with van der Waals surface area (Å²) in [6.07, 6.45) is 0.665. The summed E-state index contributed by atoms with van der Waals surface area (Å²) in [5, 5.41) is 3.81. The topological polar surface area (TPSA) is 78.1 Å². The van der Waals surface area contributed by atoms with Gasteiger partial charge in [-0.15, -0.1) is 0 Å². The van der Waals surface area contributed by atoms with Gasteiger partial charge in [0, 0.05) is 11.6 Å². The Balaban J connectivity index is 2.07. The van der Waals surface area contributed by atoms with Crippen LogP contribution in [0.2, 0.25) is 0 Å². The van der Waals surface area contributed by atoms with Gasteiger partial charge in [-0.1, -0.05) is 19.0 Å². The van der Waals surface area contributed by atoms with Crippen LogP contribution in [0, 0.1) is 6.92 Å². The molecule has 0 aliphatic rings. The van der Waals surface area contributed by atoms with Crippen molar-refractivity contribution in [2.24, 2.45) is 0 Å². The standard InChI is InChI=1S/C13H15N3O3/c1-8(2)13-15-12(16-19-13)7-18-11-5-4-9(3)14-10(11)6-17/h4-6,8H,7H2,1-3H3. The van der Waals surface area contributed by atoms with Gasteiger partial charge in [0.2, 0.25) is 11.7 Å². The average Bonchev–Trinajstić information content (AvgIpc) is 2.86. The first-order chi connectivity index (χ1) is 9.10. The molecule has 0 amide bonds. The maximum atomic E-state index is 10.9. The molecule has 0 aromatic carbocycles. The zero-order valence-electron chi connectivity index (χ0n) is 11.1. The monoisotopic (exact) mass is 261 g/mol. The largest absolute Gasteiger partial charge is 0.483 e. The van der Waals surface area contributed by atoms with Crippen LogP contribution in [0.5, 0.6) is 5.75 Å². The molecule has 6 nitrogen and oxygen atoms in total. The average molecular weight is 261 g/mol. The van der Waals surface area contributed by atoms with E-state index in [1.165, 1.54) is 0 Å². The highest BCUT2D eigenvalue weighted by molar-refractivity contribution is 5.76. The van der Waals surface area contributed by atoms with E-state index in [0.29, 0.717) is 23.8 Å². The Morgan fingerprint density at radius 2 is 2.16 bits per heavy atom. The van der Waals surface area contributed by atoms with Crippen LogP contribution in [0.4, 0.5) is 0 Å². The molecule has 0 atom stereocenters. The molecule has 0 bridgehead atoms. The van der Waals surface area contributed by atoms with Crippen molar-refractivity contribution in [2.75, 3.05) is 0 Å². The van der Waals surface area contributed by atoms with E-state index in [-0.39, 0.29) is 18.2 Å². The van der Waals surface area contributed by atoms with Crippen molar-refractivity contribution in [3.05, 3.63) is 35.2 Å². The molecule has 0 fully saturated rings. The first-order valence-electron chi connectivity index (χ1n) is 5.98. The Kier molecular flexibility index (Phi) is 3.89. The summed E-state index contributed by atoms with van der Waals surface area (Å²) in [5.41, 5.74) is 1.03. The number of rotatable bonds is 5. The fraction of sp³-hybridized carbons (Fsp3) is 0.385. The molecule has 0 saturated heterocycles. The predicted molar refractivity (Wildman–Crippen MR) is 67.1 cm³/mol. The molecule has 0 saturated carbocycles. The Morgan fingerprint density at radius 3 is 2.79 bits per heavy atom. The Labute approximate surface area is 110 Å². The molecule has 2 aromatic heterocycles. The van der Waals surface area contributed by atoms with Gasteiger partial charge in [-0.3, -0.25) is 4.79 Å². The minimum absolute atomic E-state index is 0.141. The minimum Gasteiger partial charge on any atom is -0.483 e. The summed E-state index contributed by atoms with van der Waals surface area (Å²) in [6, 6.07) is 3.48. The van der Waals surface area contributed by atoms with Gasteiger partial charge in [0.25, 0.3) is 0 Å². The van der Waals surface area contributed by atoms with Crippen LogP contribution in [-0.2, 0) is 6.61 Å². The van der Waals surface area contributed by atoms with E-state index in [2.05, 4.69) is 15.1 Å². The van der Waals surface area contributed by atoms with Crippen LogP contribution >= 0.6 is 0 Å². The van der Waals surface area contributed by atoms with Gasteiger partial charge in [0.15, 0.2) is 12.9 Å². The summed E-state index contributed by atoms with van der Waals surface area (Å²) in [6.45, 7) is 5.88. The minimum atomic E-state index is 0.141. The number of aryl methyl sites for hydroxylation is 1. The number of hydrogen-bond acceptors (Lipinski definition) is 6. The molecule has 0 unspecified atom stereocenters. The van der Waals surface area contributed by atoms with Crippen molar-refractivity contribution in [2.45, 2.75) is 33.3 Å². The Hall–Kier alpha value is -2.24. The summed E-state index contributed by atoms with van der Waals surface area (Å²) >= 11 is 0. The van der Waals surface area contributed by atoms with Gasteiger partial charge < -0.3 is 9.26 Å². The number of aromatic nitrogens is 3. The number of pyridine rings is 1. The first kappa shape index (κ1) is 13.2. The van der Waals surface area contributed by atoms with Crippen molar-refractivity contribution >= 4 is 6.29 Å². The molecule has 100 valence electrons.